The molecule has 2 heteroatoms. The second kappa shape index (κ2) is 6.06. The van der Waals surface area contributed by atoms with Gasteiger partial charge in [0.15, 0.2) is 0 Å². The Morgan fingerprint density at radius 3 is 2.18 bits per heavy atom. The van der Waals surface area contributed by atoms with Gasteiger partial charge in [-0.25, -0.2) is 0 Å². The lowest BCUT2D eigenvalue weighted by molar-refractivity contribution is 0.140. The van der Waals surface area contributed by atoms with Gasteiger partial charge in [0.05, 0.1) is 0 Å². The third kappa shape index (κ3) is 5.73. The SMILES string of the molecule is CC(C)C(CNC(C)(C)C)Oc1ccccc1. The van der Waals surface area contributed by atoms with Crippen LogP contribution >= 0.6 is 0 Å². The van der Waals surface area contributed by atoms with Gasteiger partial charge in [0, 0.05) is 12.1 Å². The first-order valence-electron chi connectivity index (χ1n) is 6.35. The normalized spacial score (nSPS) is 13.8. The molecule has 2 nitrogen and oxygen atoms in total. The highest BCUT2D eigenvalue weighted by Crippen LogP contribution is 2.15. The van der Waals surface area contributed by atoms with Gasteiger partial charge in [-0.2, -0.15) is 0 Å². The molecule has 96 valence electrons. The molecule has 0 aliphatic carbocycles. The maximum absolute atomic E-state index is 6.01. The fraction of sp³-hybridized carbons (Fsp3) is 0.600. The molecule has 1 aromatic rings. The highest BCUT2D eigenvalue weighted by molar-refractivity contribution is 5.21. The first-order chi connectivity index (χ1) is 7.88. The summed E-state index contributed by atoms with van der Waals surface area (Å²) in [5.74, 6) is 1.44. The Balaban J connectivity index is 2.55. The van der Waals surface area contributed by atoms with Gasteiger partial charge in [0.25, 0.3) is 0 Å². The minimum atomic E-state index is 0.132. The van der Waals surface area contributed by atoms with E-state index in [-0.39, 0.29) is 11.6 Å². The average Bonchev–Trinajstić information content (AvgIpc) is 2.24. The van der Waals surface area contributed by atoms with Crippen molar-refractivity contribution in [3.8, 4) is 5.75 Å². The molecule has 0 aliphatic rings. The van der Waals surface area contributed by atoms with Crippen molar-refractivity contribution in [3.05, 3.63) is 30.3 Å². The predicted octanol–water partition coefficient (Wildman–Crippen LogP) is 3.48. The van der Waals surface area contributed by atoms with Crippen molar-refractivity contribution in [2.75, 3.05) is 6.54 Å². The lowest BCUT2D eigenvalue weighted by Crippen LogP contribution is -2.44. The second-order valence-corrected chi connectivity index (χ2v) is 5.84. The van der Waals surface area contributed by atoms with Gasteiger partial charge in [-0.3, -0.25) is 0 Å². The van der Waals surface area contributed by atoms with Crippen molar-refractivity contribution in [2.24, 2.45) is 5.92 Å². The summed E-state index contributed by atoms with van der Waals surface area (Å²) < 4.78 is 6.01. The maximum atomic E-state index is 6.01. The predicted molar refractivity (Wildman–Crippen MR) is 73.5 cm³/mol. The molecule has 1 atom stereocenters. The van der Waals surface area contributed by atoms with Crippen molar-refractivity contribution >= 4 is 0 Å². The van der Waals surface area contributed by atoms with Gasteiger partial charge < -0.3 is 10.1 Å². The summed E-state index contributed by atoms with van der Waals surface area (Å²) in [6, 6.07) is 10.0. The largest absolute Gasteiger partial charge is 0.489 e. The van der Waals surface area contributed by atoms with Gasteiger partial charge in [0.1, 0.15) is 11.9 Å². The van der Waals surface area contributed by atoms with Gasteiger partial charge in [-0.05, 0) is 38.8 Å². The van der Waals surface area contributed by atoms with E-state index in [2.05, 4.69) is 39.9 Å². The van der Waals surface area contributed by atoms with E-state index in [1.165, 1.54) is 0 Å². The summed E-state index contributed by atoms with van der Waals surface area (Å²) in [7, 11) is 0. The molecule has 0 aromatic heterocycles. The monoisotopic (exact) mass is 235 g/mol. The van der Waals surface area contributed by atoms with E-state index < -0.39 is 0 Å². The van der Waals surface area contributed by atoms with Gasteiger partial charge in [-0.1, -0.05) is 32.0 Å². The number of benzene rings is 1. The highest BCUT2D eigenvalue weighted by atomic mass is 16.5. The summed E-state index contributed by atoms with van der Waals surface area (Å²) in [4.78, 5) is 0. The Hall–Kier alpha value is -1.02. The molecule has 1 N–H and O–H groups in total. The van der Waals surface area contributed by atoms with Crippen LogP contribution in [-0.4, -0.2) is 18.2 Å². The molecule has 0 fully saturated rings. The highest BCUT2D eigenvalue weighted by Gasteiger charge is 2.18. The Bertz CT molecular complexity index is 313. The molecule has 0 heterocycles. The third-order valence-electron chi connectivity index (χ3n) is 2.61. The minimum absolute atomic E-state index is 0.132. The molecule has 17 heavy (non-hydrogen) atoms. The Labute approximate surface area is 105 Å². The molecule has 1 unspecified atom stereocenters. The molecule has 0 aliphatic heterocycles. The molecular formula is C15H25NO. The Kier molecular flexibility index (Phi) is 5.01. The topological polar surface area (TPSA) is 21.3 Å². The Morgan fingerprint density at radius 2 is 1.71 bits per heavy atom. The van der Waals surface area contributed by atoms with Crippen molar-refractivity contribution < 1.29 is 4.74 Å². The number of ether oxygens (including phenoxy) is 1. The van der Waals surface area contributed by atoms with Gasteiger partial charge in [-0.15, -0.1) is 0 Å². The van der Waals surface area contributed by atoms with Gasteiger partial charge >= 0.3 is 0 Å². The lowest BCUT2D eigenvalue weighted by Gasteiger charge is -2.28. The fourth-order valence-corrected chi connectivity index (χ4v) is 1.49. The number of rotatable bonds is 5. The van der Waals surface area contributed by atoms with Crippen LogP contribution in [0, 0.1) is 5.92 Å². The number of nitrogens with one attached hydrogen (secondary N) is 1. The molecule has 0 radical (unpaired) electrons. The van der Waals surface area contributed by atoms with Crippen LogP contribution in [0.4, 0.5) is 0 Å². The van der Waals surface area contributed by atoms with Crippen molar-refractivity contribution in [3.63, 3.8) is 0 Å². The van der Waals surface area contributed by atoms with E-state index in [0.717, 1.165) is 12.3 Å². The summed E-state index contributed by atoms with van der Waals surface area (Å²) in [5.41, 5.74) is 0.132. The molecule has 0 amide bonds. The van der Waals surface area contributed by atoms with Crippen LogP contribution in [0.25, 0.3) is 0 Å². The Morgan fingerprint density at radius 1 is 1.12 bits per heavy atom. The van der Waals surface area contributed by atoms with E-state index in [4.69, 9.17) is 4.74 Å². The number of para-hydroxylation sites is 1. The molecule has 0 saturated heterocycles. The van der Waals surface area contributed by atoms with E-state index >= 15 is 0 Å². The van der Waals surface area contributed by atoms with Crippen LogP contribution in [0.15, 0.2) is 30.3 Å². The zero-order chi connectivity index (χ0) is 12.9. The van der Waals surface area contributed by atoms with Gasteiger partial charge in [0.2, 0.25) is 0 Å². The summed E-state index contributed by atoms with van der Waals surface area (Å²) >= 11 is 0. The van der Waals surface area contributed by atoms with E-state index in [0.29, 0.717) is 5.92 Å². The van der Waals surface area contributed by atoms with Crippen LogP contribution < -0.4 is 10.1 Å². The van der Waals surface area contributed by atoms with Crippen LogP contribution in [0.5, 0.6) is 5.75 Å². The molecule has 0 bridgehead atoms. The van der Waals surface area contributed by atoms with Crippen LogP contribution in [-0.2, 0) is 0 Å². The van der Waals surface area contributed by atoms with Crippen molar-refractivity contribution in [1.29, 1.82) is 0 Å². The van der Waals surface area contributed by atoms with Crippen molar-refractivity contribution in [2.45, 2.75) is 46.3 Å². The quantitative estimate of drug-likeness (QED) is 0.843. The number of hydrogen-bond donors (Lipinski definition) is 1. The summed E-state index contributed by atoms with van der Waals surface area (Å²) in [6.07, 6.45) is 0.205. The summed E-state index contributed by atoms with van der Waals surface area (Å²) in [5, 5.41) is 3.50. The first kappa shape index (κ1) is 14.0. The fourth-order valence-electron chi connectivity index (χ4n) is 1.49. The summed E-state index contributed by atoms with van der Waals surface area (Å²) in [6.45, 7) is 11.8. The standard InChI is InChI=1S/C15H25NO/c1-12(2)14(11-16-15(3,4)5)17-13-9-7-6-8-10-13/h6-10,12,14,16H,11H2,1-5H3. The maximum Gasteiger partial charge on any atom is 0.119 e. The van der Waals surface area contributed by atoms with Crippen LogP contribution in [0.2, 0.25) is 0 Å². The first-order valence-corrected chi connectivity index (χ1v) is 6.35. The lowest BCUT2D eigenvalue weighted by atomic mass is 10.0. The van der Waals surface area contributed by atoms with E-state index in [9.17, 15) is 0 Å². The minimum Gasteiger partial charge on any atom is -0.489 e. The average molecular weight is 235 g/mol. The third-order valence-corrected chi connectivity index (χ3v) is 2.61. The molecule has 0 spiro atoms. The molecule has 1 aromatic carbocycles. The zero-order valence-corrected chi connectivity index (χ0v) is 11.7. The van der Waals surface area contributed by atoms with Crippen molar-refractivity contribution in [1.82, 2.24) is 5.32 Å². The number of hydrogen-bond acceptors (Lipinski definition) is 2. The second-order valence-electron chi connectivity index (χ2n) is 5.84. The van der Waals surface area contributed by atoms with Crippen LogP contribution in [0.3, 0.4) is 0 Å². The molecule has 1 rings (SSSR count). The molecule has 0 saturated carbocycles. The smallest absolute Gasteiger partial charge is 0.119 e. The molecular weight excluding hydrogens is 210 g/mol. The van der Waals surface area contributed by atoms with E-state index in [1.54, 1.807) is 0 Å². The zero-order valence-electron chi connectivity index (χ0n) is 11.7. The van der Waals surface area contributed by atoms with Crippen LogP contribution in [0.1, 0.15) is 34.6 Å². The van der Waals surface area contributed by atoms with E-state index in [1.807, 2.05) is 30.3 Å².